The number of ether oxygens (including phenoxy) is 1. The van der Waals surface area contributed by atoms with Crippen molar-refractivity contribution in [3.05, 3.63) is 0 Å². The maximum Gasteiger partial charge on any atom is 0.287 e. The number of aliphatic hydroxyl groups is 3. The monoisotopic (exact) mass is 244 g/mol. The van der Waals surface area contributed by atoms with Gasteiger partial charge in [0.1, 0.15) is 18.2 Å². The number of hydrogen-bond acceptors (Lipinski definition) is 6. The van der Waals surface area contributed by atoms with Crippen molar-refractivity contribution in [1.82, 2.24) is 4.90 Å². The topological polar surface area (TPSA) is 85.5 Å². The fraction of sp³-hybridized carbons (Fsp3) is 0.909. The Labute approximate surface area is 101 Å². The summed E-state index contributed by atoms with van der Waals surface area (Å²) in [6, 6.07) is 0.0369. The lowest BCUT2D eigenvalue weighted by Crippen LogP contribution is -2.54. The van der Waals surface area contributed by atoms with Crippen LogP contribution in [0.4, 0.5) is 0 Å². The zero-order valence-electron chi connectivity index (χ0n) is 10.3. The summed E-state index contributed by atoms with van der Waals surface area (Å²) in [6.45, 7) is 1.61. The van der Waals surface area contributed by atoms with Gasteiger partial charge < -0.3 is 25.0 Å². The van der Waals surface area contributed by atoms with Crippen molar-refractivity contribution in [2.24, 2.45) is 10.9 Å². The smallest absolute Gasteiger partial charge is 0.287 e. The minimum atomic E-state index is -0.981. The molecule has 6 heteroatoms. The number of hydrogen-bond donors (Lipinski definition) is 3. The van der Waals surface area contributed by atoms with E-state index in [0.717, 1.165) is 0 Å². The van der Waals surface area contributed by atoms with Crippen molar-refractivity contribution in [3.63, 3.8) is 0 Å². The summed E-state index contributed by atoms with van der Waals surface area (Å²) in [5.74, 6) is -0.372. The predicted molar refractivity (Wildman–Crippen MR) is 61.6 cm³/mol. The number of aliphatic imine (C=N–C) groups is 1. The summed E-state index contributed by atoms with van der Waals surface area (Å²) < 4.78 is 5.62. The van der Waals surface area contributed by atoms with Gasteiger partial charge in [0.2, 0.25) is 0 Å². The highest BCUT2D eigenvalue weighted by Crippen LogP contribution is 2.34. The van der Waals surface area contributed by atoms with Crippen molar-refractivity contribution in [2.75, 3.05) is 14.1 Å². The molecule has 0 bridgehead atoms. The minimum Gasteiger partial charge on any atom is -0.459 e. The SMILES string of the molecule is CC(O)C1CC2OC(N(C)C)=NC2C(O)C1O. The Kier molecular flexibility index (Phi) is 3.29. The Hall–Kier alpha value is -0.850. The molecule has 1 aliphatic heterocycles. The first-order valence-electron chi connectivity index (χ1n) is 5.87. The van der Waals surface area contributed by atoms with Crippen LogP contribution in [0.3, 0.4) is 0 Å². The molecule has 98 valence electrons. The van der Waals surface area contributed by atoms with Crippen molar-refractivity contribution in [1.29, 1.82) is 0 Å². The van der Waals surface area contributed by atoms with Gasteiger partial charge in [-0.15, -0.1) is 0 Å². The van der Waals surface area contributed by atoms with Gasteiger partial charge in [-0.2, -0.15) is 0 Å². The van der Waals surface area contributed by atoms with Gasteiger partial charge in [-0.05, 0) is 13.3 Å². The van der Waals surface area contributed by atoms with E-state index in [1.54, 1.807) is 11.8 Å². The third-order valence-corrected chi connectivity index (χ3v) is 3.54. The molecule has 1 heterocycles. The van der Waals surface area contributed by atoms with Crippen LogP contribution in [0.2, 0.25) is 0 Å². The average molecular weight is 244 g/mol. The van der Waals surface area contributed by atoms with Crippen LogP contribution in [0, 0.1) is 5.92 Å². The molecule has 2 aliphatic rings. The number of rotatable bonds is 1. The molecule has 0 amide bonds. The third kappa shape index (κ3) is 2.12. The van der Waals surface area contributed by atoms with E-state index in [-0.39, 0.29) is 12.0 Å². The zero-order valence-corrected chi connectivity index (χ0v) is 10.3. The summed E-state index contributed by atoms with van der Waals surface area (Å²) in [7, 11) is 3.62. The molecule has 2 rings (SSSR count). The Bertz CT molecular complexity index is 319. The van der Waals surface area contributed by atoms with E-state index >= 15 is 0 Å². The van der Waals surface area contributed by atoms with E-state index in [1.807, 2.05) is 14.1 Å². The first-order valence-corrected chi connectivity index (χ1v) is 5.87. The van der Waals surface area contributed by atoms with Gasteiger partial charge in [-0.25, -0.2) is 4.99 Å². The minimum absolute atomic E-state index is 0.259. The quantitative estimate of drug-likeness (QED) is 0.539. The lowest BCUT2D eigenvalue weighted by atomic mass is 9.77. The molecular formula is C11H20N2O4. The van der Waals surface area contributed by atoms with E-state index in [9.17, 15) is 15.3 Å². The summed E-state index contributed by atoms with van der Waals surface area (Å²) in [5.41, 5.74) is 0. The Morgan fingerprint density at radius 3 is 2.53 bits per heavy atom. The standard InChI is InChI=1S/C11H20N2O4/c1-5(14)6-4-7-8(10(16)9(6)15)12-11(17-7)13(2)3/h5-10,14-16H,4H2,1-3H3. The van der Waals surface area contributed by atoms with Crippen LogP contribution in [-0.2, 0) is 4.74 Å². The second kappa shape index (κ2) is 4.44. The zero-order chi connectivity index (χ0) is 12.7. The molecule has 0 aromatic rings. The Morgan fingerprint density at radius 2 is 2.00 bits per heavy atom. The molecule has 0 saturated heterocycles. The van der Waals surface area contributed by atoms with Gasteiger partial charge in [-0.3, -0.25) is 0 Å². The highest BCUT2D eigenvalue weighted by atomic mass is 16.5. The van der Waals surface area contributed by atoms with Crippen LogP contribution in [0.15, 0.2) is 4.99 Å². The van der Waals surface area contributed by atoms with Crippen LogP contribution >= 0.6 is 0 Å². The average Bonchev–Trinajstić information content (AvgIpc) is 2.67. The number of fused-ring (bicyclic) bond motifs is 1. The predicted octanol–water partition coefficient (Wildman–Crippen LogP) is -1.21. The summed E-state index contributed by atoms with van der Waals surface area (Å²) in [6.07, 6.45) is -2.37. The maximum atomic E-state index is 10.0. The highest BCUT2D eigenvalue weighted by molar-refractivity contribution is 5.75. The molecule has 6 atom stereocenters. The molecule has 6 nitrogen and oxygen atoms in total. The molecule has 0 aromatic carbocycles. The molecule has 0 aromatic heterocycles. The van der Waals surface area contributed by atoms with Gasteiger partial charge in [0.15, 0.2) is 0 Å². The molecule has 17 heavy (non-hydrogen) atoms. The largest absolute Gasteiger partial charge is 0.459 e. The third-order valence-electron chi connectivity index (χ3n) is 3.54. The normalized spacial score (nSPS) is 42.5. The molecule has 3 N–H and O–H groups in total. The van der Waals surface area contributed by atoms with Crippen LogP contribution in [-0.4, -0.2) is 70.8 Å². The molecule has 0 spiro atoms. The van der Waals surface area contributed by atoms with Crippen molar-refractivity contribution < 1.29 is 20.1 Å². The Balaban J connectivity index is 2.15. The Morgan fingerprint density at radius 1 is 1.35 bits per heavy atom. The first kappa shape index (κ1) is 12.6. The fourth-order valence-electron chi connectivity index (χ4n) is 2.50. The van der Waals surface area contributed by atoms with Crippen LogP contribution in [0.1, 0.15) is 13.3 Å². The van der Waals surface area contributed by atoms with Crippen molar-refractivity contribution >= 4 is 6.02 Å². The molecule has 1 saturated carbocycles. The van der Waals surface area contributed by atoms with Crippen LogP contribution < -0.4 is 0 Å². The fourth-order valence-corrected chi connectivity index (χ4v) is 2.50. The van der Waals surface area contributed by atoms with E-state index in [2.05, 4.69) is 4.99 Å². The van der Waals surface area contributed by atoms with E-state index < -0.39 is 24.4 Å². The van der Waals surface area contributed by atoms with Gasteiger partial charge in [0.05, 0.1) is 12.2 Å². The lowest BCUT2D eigenvalue weighted by Gasteiger charge is -2.38. The number of amidine groups is 1. The molecule has 1 fully saturated rings. The van der Waals surface area contributed by atoms with Crippen molar-refractivity contribution in [3.8, 4) is 0 Å². The van der Waals surface area contributed by atoms with Gasteiger partial charge >= 0.3 is 0 Å². The van der Waals surface area contributed by atoms with Crippen molar-refractivity contribution in [2.45, 2.75) is 43.8 Å². The maximum absolute atomic E-state index is 10.0. The number of aliphatic hydroxyl groups excluding tert-OH is 3. The molecule has 1 aliphatic carbocycles. The van der Waals surface area contributed by atoms with E-state index in [0.29, 0.717) is 12.4 Å². The van der Waals surface area contributed by atoms with Crippen LogP contribution in [0.25, 0.3) is 0 Å². The van der Waals surface area contributed by atoms with E-state index in [4.69, 9.17) is 4.74 Å². The highest BCUT2D eigenvalue weighted by Gasteiger charge is 2.49. The van der Waals surface area contributed by atoms with Gasteiger partial charge in [0.25, 0.3) is 6.02 Å². The second-order valence-corrected chi connectivity index (χ2v) is 5.07. The lowest BCUT2D eigenvalue weighted by molar-refractivity contribution is -0.111. The number of nitrogens with zero attached hydrogens (tertiary/aromatic N) is 2. The molecule has 0 radical (unpaired) electrons. The van der Waals surface area contributed by atoms with E-state index in [1.165, 1.54) is 0 Å². The summed E-state index contributed by atoms with van der Waals surface area (Å²) >= 11 is 0. The second-order valence-electron chi connectivity index (χ2n) is 5.07. The van der Waals surface area contributed by atoms with Gasteiger partial charge in [0, 0.05) is 20.0 Å². The van der Waals surface area contributed by atoms with Crippen LogP contribution in [0.5, 0.6) is 0 Å². The summed E-state index contributed by atoms with van der Waals surface area (Å²) in [4.78, 5) is 5.99. The molecular weight excluding hydrogens is 224 g/mol. The first-order chi connectivity index (χ1) is 7.91. The molecule has 6 unspecified atom stereocenters. The summed E-state index contributed by atoms with van der Waals surface area (Å²) in [5, 5.41) is 29.5. The van der Waals surface area contributed by atoms with Gasteiger partial charge in [-0.1, -0.05) is 0 Å².